The van der Waals surface area contributed by atoms with Crippen LogP contribution in [0.2, 0.25) is 0 Å². The van der Waals surface area contributed by atoms with Crippen molar-refractivity contribution in [3.05, 3.63) is 4.99 Å². The molecule has 0 aromatic rings. The standard InChI is InChI=1S/C2H6PS/c1-2(3)4/h4H,3H2,1H3. The van der Waals surface area contributed by atoms with Crippen LogP contribution in [0.3, 0.4) is 0 Å². The number of hydrogen-bond donors (Lipinski definition) is 1. The van der Waals surface area contributed by atoms with Crippen LogP contribution in [0.5, 0.6) is 0 Å². The predicted molar refractivity (Wildman–Crippen MR) is 27.6 cm³/mol. The average molecular weight is 93.1 g/mol. The topological polar surface area (TPSA) is 0 Å². The van der Waals surface area contributed by atoms with Gasteiger partial charge in [0, 0.05) is 4.99 Å². The van der Waals surface area contributed by atoms with E-state index < -0.39 is 0 Å². The molecule has 0 aliphatic carbocycles. The lowest BCUT2D eigenvalue weighted by Crippen LogP contribution is -1.45. The van der Waals surface area contributed by atoms with Crippen molar-refractivity contribution < 1.29 is 0 Å². The molecule has 0 aliphatic rings. The van der Waals surface area contributed by atoms with Crippen molar-refractivity contribution in [1.82, 2.24) is 0 Å². The Hall–Kier alpha value is 0.780. The van der Waals surface area contributed by atoms with Gasteiger partial charge in [0.15, 0.2) is 0 Å². The fraction of sp³-hybridized carbons (Fsp3) is 0.500. The Morgan fingerprint density at radius 3 is 2.00 bits per heavy atom. The lowest BCUT2D eigenvalue weighted by atomic mass is 11.0. The largest absolute Gasteiger partial charge is 0.167 e. The molecule has 1 radical (unpaired) electrons. The van der Waals surface area contributed by atoms with Gasteiger partial charge in [-0.05, 0) is 6.92 Å². The van der Waals surface area contributed by atoms with Gasteiger partial charge in [-0.15, -0.1) is 9.24 Å². The van der Waals surface area contributed by atoms with Gasteiger partial charge in [0.05, 0.1) is 0 Å². The van der Waals surface area contributed by atoms with Crippen molar-refractivity contribution in [3.63, 3.8) is 0 Å². The smallest absolute Gasteiger partial charge is 0.0417 e. The monoisotopic (exact) mass is 93.0 g/mol. The Morgan fingerprint density at radius 1 is 2.00 bits per heavy atom. The molecule has 25 valence electrons. The molecule has 0 N–H and O–H groups in total. The van der Waals surface area contributed by atoms with Crippen molar-refractivity contribution in [3.8, 4) is 0 Å². The van der Waals surface area contributed by atoms with Crippen molar-refractivity contribution in [2.24, 2.45) is 0 Å². The van der Waals surface area contributed by atoms with Crippen LogP contribution in [-0.4, -0.2) is 0 Å². The summed E-state index contributed by atoms with van der Waals surface area (Å²) >= 11 is 3.85. The molecule has 0 heterocycles. The van der Waals surface area contributed by atoms with Gasteiger partial charge in [-0.3, -0.25) is 0 Å². The van der Waals surface area contributed by atoms with E-state index in [0.29, 0.717) is 0 Å². The molecule has 0 aliphatic heterocycles. The summed E-state index contributed by atoms with van der Waals surface area (Å²) in [6.45, 7) is 1.91. The first-order valence-electron chi connectivity index (χ1n) is 1.01. The first-order chi connectivity index (χ1) is 1.73. The van der Waals surface area contributed by atoms with Crippen LogP contribution in [0.15, 0.2) is 0 Å². The van der Waals surface area contributed by atoms with Crippen LogP contribution in [0, 0.1) is 4.99 Å². The quantitative estimate of drug-likeness (QED) is 0.338. The molecule has 2 heteroatoms. The van der Waals surface area contributed by atoms with Gasteiger partial charge >= 0.3 is 0 Å². The van der Waals surface area contributed by atoms with Gasteiger partial charge in [0.1, 0.15) is 0 Å². The van der Waals surface area contributed by atoms with E-state index in [1.54, 1.807) is 0 Å². The summed E-state index contributed by atoms with van der Waals surface area (Å²) in [7, 11) is 2.44. The second-order valence-electron chi connectivity index (χ2n) is 0.641. The molecule has 0 bridgehead atoms. The Kier molecular flexibility index (Phi) is 2.44. The van der Waals surface area contributed by atoms with Crippen molar-refractivity contribution in [2.75, 3.05) is 0 Å². The summed E-state index contributed by atoms with van der Waals surface area (Å²) in [6.07, 6.45) is 0. The fourth-order valence-electron chi connectivity index (χ4n) is 0. The summed E-state index contributed by atoms with van der Waals surface area (Å²) in [5.74, 6) is 0. The molecule has 0 aromatic heterocycles. The van der Waals surface area contributed by atoms with Gasteiger partial charge in [0.2, 0.25) is 0 Å². The van der Waals surface area contributed by atoms with Crippen molar-refractivity contribution >= 4 is 21.9 Å². The lowest BCUT2D eigenvalue weighted by Gasteiger charge is -1.77. The minimum absolute atomic E-state index is 1.03. The van der Waals surface area contributed by atoms with E-state index in [1.807, 2.05) is 6.92 Å². The molecular weight excluding hydrogens is 87.1 g/mol. The fourth-order valence-corrected chi connectivity index (χ4v) is 0. The van der Waals surface area contributed by atoms with Crippen LogP contribution in [-0.2, 0) is 0 Å². The second-order valence-corrected chi connectivity index (χ2v) is 2.70. The van der Waals surface area contributed by atoms with Gasteiger partial charge < -0.3 is 0 Å². The highest BCUT2D eigenvalue weighted by atomic mass is 32.1. The molecule has 0 saturated heterocycles. The zero-order valence-corrected chi connectivity index (χ0v) is 4.57. The third-order valence-corrected chi connectivity index (χ3v) is 0. The van der Waals surface area contributed by atoms with E-state index in [1.165, 1.54) is 0 Å². The van der Waals surface area contributed by atoms with E-state index >= 15 is 0 Å². The van der Waals surface area contributed by atoms with Crippen molar-refractivity contribution in [2.45, 2.75) is 6.92 Å². The first-order valence-corrected chi connectivity index (χ1v) is 2.04. The van der Waals surface area contributed by atoms with E-state index in [0.717, 1.165) is 4.99 Å². The van der Waals surface area contributed by atoms with Gasteiger partial charge in [-0.1, -0.05) is 0 Å². The Bertz CT molecular complexity index is 10.8. The molecule has 0 rings (SSSR count). The SMILES string of the molecule is C[C](P)S. The van der Waals surface area contributed by atoms with E-state index in [9.17, 15) is 0 Å². The molecule has 0 aromatic carbocycles. The minimum atomic E-state index is 1.03. The highest BCUT2D eigenvalue weighted by Crippen LogP contribution is 2.10. The molecule has 0 nitrogen and oxygen atoms in total. The summed E-state index contributed by atoms with van der Waals surface area (Å²) in [5, 5.41) is 0. The Morgan fingerprint density at radius 2 is 2.00 bits per heavy atom. The highest BCUT2D eigenvalue weighted by Gasteiger charge is 1.70. The zero-order valence-electron chi connectivity index (χ0n) is 2.52. The molecule has 0 amide bonds. The van der Waals surface area contributed by atoms with E-state index in [-0.39, 0.29) is 0 Å². The van der Waals surface area contributed by atoms with E-state index in [4.69, 9.17) is 0 Å². The number of rotatable bonds is 0. The maximum absolute atomic E-state index is 3.85. The maximum atomic E-state index is 3.85. The van der Waals surface area contributed by atoms with Crippen LogP contribution in [0.25, 0.3) is 0 Å². The second kappa shape index (κ2) is 2.04. The van der Waals surface area contributed by atoms with Gasteiger partial charge in [-0.2, -0.15) is 12.6 Å². The number of hydrogen-bond acceptors (Lipinski definition) is 1. The average Bonchev–Trinajstić information content (AvgIpc) is 0.811. The summed E-state index contributed by atoms with van der Waals surface area (Å²) in [5.41, 5.74) is 0. The van der Waals surface area contributed by atoms with Crippen LogP contribution < -0.4 is 0 Å². The molecular formula is C2H6PS. The van der Waals surface area contributed by atoms with Crippen molar-refractivity contribution in [1.29, 1.82) is 0 Å². The summed E-state index contributed by atoms with van der Waals surface area (Å²) in [4.78, 5) is 1.03. The summed E-state index contributed by atoms with van der Waals surface area (Å²) < 4.78 is 0. The normalized spacial score (nSPS) is 9.00. The highest BCUT2D eigenvalue weighted by molar-refractivity contribution is 7.88. The minimum Gasteiger partial charge on any atom is -0.167 e. The Balaban J connectivity index is 2.32. The van der Waals surface area contributed by atoms with Crippen LogP contribution in [0.1, 0.15) is 6.92 Å². The predicted octanol–water partition coefficient (Wildman–Crippen LogP) is 1.30. The molecule has 4 heavy (non-hydrogen) atoms. The number of thiol groups is 1. The van der Waals surface area contributed by atoms with Crippen LogP contribution in [0.4, 0.5) is 0 Å². The molecule has 0 fully saturated rings. The third-order valence-electron chi connectivity index (χ3n) is 0. The summed E-state index contributed by atoms with van der Waals surface area (Å²) in [6, 6.07) is 0. The van der Waals surface area contributed by atoms with E-state index in [2.05, 4.69) is 21.9 Å². The van der Waals surface area contributed by atoms with Crippen LogP contribution >= 0.6 is 21.9 Å². The third kappa shape index (κ3) is 14.5. The molecule has 0 saturated carbocycles. The molecule has 0 spiro atoms. The Labute approximate surface area is 34.6 Å². The first kappa shape index (κ1) is 4.78. The van der Waals surface area contributed by atoms with Gasteiger partial charge in [-0.25, -0.2) is 0 Å². The maximum Gasteiger partial charge on any atom is 0.0417 e. The molecule has 1 unspecified atom stereocenters. The molecule has 1 atom stereocenters. The van der Waals surface area contributed by atoms with Gasteiger partial charge in [0.25, 0.3) is 0 Å². The zero-order chi connectivity index (χ0) is 3.58. The lowest BCUT2D eigenvalue weighted by molar-refractivity contribution is 1.68.